The first-order chi connectivity index (χ1) is 11.7. The van der Waals surface area contributed by atoms with E-state index < -0.39 is 16.6 Å². The van der Waals surface area contributed by atoms with Crippen LogP contribution in [0.15, 0.2) is 16.7 Å². The van der Waals surface area contributed by atoms with E-state index in [1.807, 2.05) is 18.7 Å². The average Bonchev–Trinajstić information content (AvgIpc) is 2.52. The fourth-order valence-electron chi connectivity index (χ4n) is 2.93. The number of aromatic nitrogens is 1. The summed E-state index contributed by atoms with van der Waals surface area (Å²) in [5.41, 5.74) is -1.19. The van der Waals surface area contributed by atoms with Crippen molar-refractivity contribution in [2.75, 3.05) is 25.5 Å². The van der Waals surface area contributed by atoms with E-state index in [1.165, 1.54) is 19.4 Å². The zero-order valence-corrected chi connectivity index (χ0v) is 16.1. The summed E-state index contributed by atoms with van der Waals surface area (Å²) in [6, 6.07) is 1.51. The molecular weight excluding hydrogens is 396 g/mol. The molecule has 1 aromatic heterocycles. The second-order valence-corrected chi connectivity index (χ2v) is 7.05. The Hall–Kier alpha value is -1.78. The molecule has 1 aliphatic heterocycles. The first-order valence-corrected chi connectivity index (χ1v) is 8.53. The van der Waals surface area contributed by atoms with Gasteiger partial charge in [0, 0.05) is 13.1 Å². The van der Waals surface area contributed by atoms with Crippen LogP contribution in [0.3, 0.4) is 0 Å². The molecule has 2 rings (SSSR count). The number of morpholine rings is 1. The van der Waals surface area contributed by atoms with E-state index in [0.717, 1.165) is 0 Å². The van der Waals surface area contributed by atoms with Crippen molar-refractivity contribution in [2.45, 2.75) is 38.6 Å². The summed E-state index contributed by atoms with van der Waals surface area (Å²) in [5, 5.41) is 14.2. The van der Waals surface area contributed by atoms with Crippen molar-refractivity contribution < 1.29 is 19.2 Å². The van der Waals surface area contributed by atoms with E-state index >= 15 is 0 Å². The van der Waals surface area contributed by atoms with Crippen LogP contribution >= 0.6 is 15.9 Å². The number of anilines is 1. The number of nitro groups is 1. The predicted octanol–water partition coefficient (Wildman–Crippen LogP) is 2.16. The van der Waals surface area contributed by atoms with Crippen molar-refractivity contribution in [3.8, 4) is 0 Å². The zero-order chi connectivity index (χ0) is 18.8. The van der Waals surface area contributed by atoms with Gasteiger partial charge in [-0.1, -0.05) is 0 Å². The fourth-order valence-corrected chi connectivity index (χ4v) is 3.26. The van der Waals surface area contributed by atoms with Crippen molar-refractivity contribution in [1.82, 2.24) is 9.88 Å². The highest BCUT2D eigenvalue weighted by Gasteiger charge is 2.45. The van der Waals surface area contributed by atoms with E-state index in [0.29, 0.717) is 17.6 Å². The molecule has 1 fully saturated rings. The van der Waals surface area contributed by atoms with Crippen LogP contribution in [0.4, 0.5) is 11.5 Å². The van der Waals surface area contributed by atoms with Crippen LogP contribution in [-0.4, -0.2) is 58.8 Å². The van der Waals surface area contributed by atoms with Gasteiger partial charge < -0.3 is 24.9 Å². The van der Waals surface area contributed by atoms with E-state index in [-0.39, 0.29) is 23.7 Å². The summed E-state index contributed by atoms with van der Waals surface area (Å²) < 4.78 is 11.2. The zero-order valence-electron chi connectivity index (χ0n) is 14.5. The third-order valence-electron chi connectivity index (χ3n) is 4.02. The van der Waals surface area contributed by atoms with Gasteiger partial charge in [0.25, 0.3) is 0 Å². The number of nitrogens with one attached hydrogen (secondary N) is 1. The van der Waals surface area contributed by atoms with E-state index in [1.54, 1.807) is 6.92 Å². The topological polar surface area (TPSA) is 107 Å². The number of pyridine rings is 1. The lowest BCUT2D eigenvalue weighted by Crippen LogP contribution is -2.63. The summed E-state index contributed by atoms with van der Waals surface area (Å²) in [6.45, 7) is 6.39. The second kappa shape index (κ2) is 7.63. The predicted molar refractivity (Wildman–Crippen MR) is 94.2 cm³/mol. The molecule has 1 aromatic rings. The lowest BCUT2D eigenvalue weighted by molar-refractivity contribution is -0.388. The number of nitrogens with zero attached hydrogens (tertiary/aromatic N) is 3. The number of halogens is 1. The van der Waals surface area contributed by atoms with Gasteiger partial charge in [0.15, 0.2) is 11.9 Å². The van der Waals surface area contributed by atoms with Gasteiger partial charge in [-0.3, -0.25) is 4.90 Å². The van der Waals surface area contributed by atoms with Gasteiger partial charge in [0.1, 0.15) is 5.69 Å². The van der Waals surface area contributed by atoms with Gasteiger partial charge in [-0.25, -0.2) is 4.79 Å². The Bertz CT molecular complexity index is 663. The summed E-state index contributed by atoms with van der Waals surface area (Å²) in [6.07, 6.45) is 1.15. The van der Waals surface area contributed by atoms with Gasteiger partial charge in [0.2, 0.25) is 0 Å². The molecule has 138 valence electrons. The Labute approximate surface area is 154 Å². The molecule has 9 nitrogen and oxygen atoms in total. The van der Waals surface area contributed by atoms with E-state index in [9.17, 15) is 14.9 Å². The number of esters is 1. The first kappa shape index (κ1) is 19.5. The van der Waals surface area contributed by atoms with Crippen molar-refractivity contribution in [3.05, 3.63) is 26.9 Å². The quantitative estimate of drug-likeness (QED) is 0.441. The number of methoxy groups -OCH3 is 1. The minimum atomic E-state index is -1.31. The number of carbonyl (C=O) groups excluding carboxylic acids is 1. The van der Waals surface area contributed by atoms with Crippen molar-refractivity contribution in [3.63, 3.8) is 0 Å². The first-order valence-electron chi connectivity index (χ1n) is 7.74. The highest BCUT2D eigenvalue weighted by molar-refractivity contribution is 9.10. The molecule has 1 N–H and O–H groups in total. The molecule has 1 unspecified atom stereocenters. The van der Waals surface area contributed by atoms with Crippen LogP contribution in [0.2, 0.25) is 0 Å². The second-order valence-electron chi connectivity index (χ2n) is 6.13. The molecule has 0 bridgehead atoms. The molecule has 0 saturated carbocycles. The third-order valence-corrected chi connectivity index (χ3v) is 4.45. The number of ether oxygens (including phenoxy) is 2. The van der Waals surface area contributed by atoms with Crippen molar-refractivity contribution >= 4 is 33.4 Å². The molecule has 0 aromatic carbocycles. The van der Waals surface area contributed by atoms with Crippen LogP contribution in [-0.2, 0) is 14.3 Å². The molecule has 10 heteroatoms. The Morgan fingerprint density at radius 2 is 2.12 bits per heavy atom. The number of rotatable bonds is 5. The van der Waals surface area contributed by atoms with Crippen molar-refractivity contribution in [1.29, 1.82) is 0 Å². The highest BCUT2D eigenvalue weighted by atomic mass is 79.9. The lowest BCUT2D eigenvalue weighted by Gasteiger charge is -2.45. The van der Waals surface area contributed by atoms with Gasteiger partial charge >= 0.3 is 11.8 Å². The molecule has 1 aliphatic rings. The molecule has 1 saturated heterocycles. The van der Waals surface area contributed by atoms with Gasteiger partial charge in [-0.2, -0.15) is 0 Å². The highest BCUT2D eigenvalue weighted by Crippen LogP contribution is 2.31. The van der Waals surface area contributed by atoms with Crippen LogP contribution in [0, 0.1) is 10.1 Å². The Morgan fingerprint density at radius 3 is 2.64 bits per heavy atom. The molecule has 0 amide bonds. The smallest absolute Gasteiger partial charge is 0.387 e. The molecular formula is C15H21BrN4O5. The minimum absolute atomic E-state index is 0.0925. The lowest BCUT2D eigenvalue weighted by atomic mass is 10.1. The summed E-state index contributed by atoms with van der Waals surface area (Å²) in [4.78, 5) is 28.9. The van der Waals surface area contributed by atoms with E-state index in [2.05, 4.69) is 26.2 Å². The van der Waals surface area contributed by atoms with Crippen LogP contribution < -0.4 is 5.32 Å². The maximum absolute atomic E-state index is 12.5. The minimum Gasteiger partial charge on any atom is -0.466 e. The van der Waals surface area contributed by atoms with E-state index in [4.69, 9.17) is 9.47 Å². The Balaban J connectivity index is 2.43. The Kier molecular flexibility index (Phi) is 5.96. The standard InChI is InChI=1S/C15H21BrN4O5/c1-9-7-19(8-10(2)25-9)15(3,14(21)24-4)18-12-5-11(16)6-17-13(12)20(22)23/h5-6,9-10,18H,7-8H2,1-4H3/t9-,10+,15?. The average molecular weight is 417 g/mol. The van der Waals surface area contributed by atoms with Gasteiger partial charge in [-0.15, -0.1) is 0 Å². The molecule has 0 aliphatic carbocycles. The molecule has 25 heavy (non-hydrogen) atoms. The maximum Gasteiger partial charge on any atom is 0.387 e. The van der Waals surface area contributed by atoms with Crippen LogP contribution in [0.5, 0.6) is 0 Å². The van der Waals surface area contributed by atoms with Crippen molar-refractivity contribution in [2.24, 2.45) is 0 Å². The van der Waals surface area contributed by atoms with Crippen LogP contribution in [0.25, 0.3) is 0 Å². The SMILES string of the molecule is COC(=O)C(C)(Nc1cc(Br)cnc1[N+](=O)[O-])N1C[C@@H](C)O[C@@H](C)C1. The maximum atomic E-state index is 12.5. The number of hydrogen-bond acceptors (Lipinski definition) is 8. The molecule has 0 radical (unpaired) electrons. The normalized spacial score (nSPS) is 23.6. The molecule has 2 heterocycles. The largest absolute Gasteiger partial charge is 0.466 e. The van der Waals surface area contributed by atoms with Gasteiger partial charge in [-0.05, 0) is 52.7 Å². The monoisotopic (exact) mass is 416 g/mol. The number of carbonyl (C=O) groups is 1. The summed E-state index contributed by atoms with van der Waals surface area (Å²) in [5.74, 6) is -0.921. The molecule has 3 atom stereocenters. The molecule has 0 spiro atoms. The third kappa shape index (κ3) is 4.25. The fraction of sp³-hybridized carbons (Fsp3) is 0.600. The summed E-state index contributed by atoms with van der Waals surface area (Å²) >= 11 is 3.25. The van der Waals surface area contributed by atoms with Gasteiger partial charge in [0.05, 0.1) is 23.8 Å². The number of hydrogen-bond donors (Lipinski definition) is 1. The Morgan fingerprint density at radius 1 is 1.52 bits per heavy atom. The van der Waals surface area contributed by atoms with Crippen LogP contribution in [0.1, 0.15) is 20.8 Å². The summed E-state index contributed by atoms with van der Waals surface area (Å²) in [7, 11) is 1.28.